The summed E-state index contributed by atoms with van der Waals surface area (Å²) in [5, 5.41) is 0. The Hall–Kier alpha value is -1.63. The van der Waals surface area contributed by atoms with E-state index >= 15 is 0 Å². The number of carbonyl (C=O) groups excluding carboxylic acids is 1. The van der Waals surface area contributed by atoms with Crippen molar-refractivity contribution in [1.29, 1.82) is 0 Å². The Bertz CT molecular complexity index is 477. The highest BCUT2D eigenvalue weighted by molar-refractivity contribution is 5.95. The molecule has 3 rings (SSSR count). The molecule has 1 aromatic rings. The van der Waals surface area contributed by atoms with Crippen molar-refractivity contribution in [3.05, 3.63) is 24.3 Å². The summed E-state index contributed by atoms with van der Waals surface area (Å²) in [6, 6.07) is 7.96. The van der Waals surface area contributed by atoms with Gasteiger partial charge in [-0.15, -0.1) is 0 Å². The minimum Gasteiger partial charge on any atom is -0.370 e. The van der Waals surface area contributed by atoms with Gasteiger partial charge in [-0.25, -0.2) is 0 Å². The second kappa shape index (κ2) is 5.78. The van der Waals surface area contributed by atoms with Gasteiger partial charge in [0.25, 0.3) is 5.91 Å². The number of nitrogens with two attached hydrogens (primary N) is 1. The molecule has 2 aliphatic heterocycles. The van der Waals surface area contributed by atoms with E-state index in [1.165, 1.54) is 0 Å². The van der Waals surface area contributed by atoms with Crippen LogP contribution in [0.1, 0.15) is 0 Å². The number of carbonyl (C=O) groups is 1. The fourth-order valence-electron chi connectivity index (χ4n) is 2.50. The van der Waals surface area contributed by atoms with E-state index in [2.05, 4.69) is 4.90 Å². The van der Waals surface area contributed by atoms with E-state index in [4.69, 9.17) is 15.2 Å². The lowest BCUT2D eigenvalue weighted by Crippen LogP contribution is -2.41. The first-order chi connectivity index (χ1) is 9.78. The molecule has 1 amide bonds. The van der Waals surface area contributed by atoms with Crippen LogP contribution in [-0.2, 0) is 14.3 Å². The van der Waals surface area contributed by atoms with Gasteiger partial charge in [-0.3, -0.25) is 4.79 Å². The van der Waals surface area contributed by atoms with E-state index in [-0.39, 0.29) is 18.6 Å². The van der Waals surface area contributed by atoms with Crippen molar-refractivity contribution in [2.24, 2.45) is 5.73 Å². The first-order valence-corrected chi connectivity index (χ1v) is 6.83. The Balaban J connectivity index is 1.70. The van der Waals surface area contributed by atoms with Crippen molar-refractivity contribution >= 4 is 17.3 Å². The van der Waals surface area contributed by atoms with Crippen LogP contribution in [-0.4, -0.2) is 51.6 Å². The lowest BCUT2D eigenvalue weighted by atomic mass is 10.2. The molecule has 0 unspecified atom stereocenters. The van der Waals surface area contributed by atoms with Gasteiger partial charge in [0.15, 0.2) is 0 Å². The summed E-state index contributed by atoms with van der Waals surface area (Å²) >= 11 is 0. The fraction of sp³-hybridized carbons (Fsp3) is 0.500. The van der Waals surface area contributed by atoms with Crippen molar-refractivity contribution in [3.8, 4) is 0 Å². The van der Waals surface area contributed by atoms with E-state index in [9.17, 15) is 4.79 Å². The Kier molecular flexibility index (Phi) is 3.86. The summed E-state index contributed by atoms with van der Waals surface area (Å²) in [5.41, 5.74) is 7.61. The molecule has 0 saturated carbocycles. The van der Waals surface area contributed by atoms with Crippen LogP contribution >= 0.6 is 0 Å². The molecule has 0 bridgehead atoms. The standard InChI is InChI=1S/C14H19N3O3/c15-7-13-8-16(10-20-13)11-1-3-12(4-2-11)17-5-6-19-9-14(17)18/h1-4,13H,5-10,15H2/t13-/m0/s1. The third-order valence-corrected chi connectivity index (χ3v) is 3.67. The Morgan fingerprint density at radius 3 is 2.65 bits per heavy atom. The number of rotatable bonds is 3. The topological polar surface area (TPSA) is 68.0 Å². The van der Waals surface area contributed by atoms with Crippen LogP contribution in [0.3, 0.4) is 0 Å². The van der Waals surface area contributed by atoms with Gasteiger partial charge in [0, 0.05) is 31.0 Å². The molecule has 6 nitrogen and oxygen atoms in total. The van der Waals surface area contributed by atoms with E-state index < -0.39 is 0 Å². The number of amides is 1. The van der Waals surface area contributed by atoms with Gasteiger partial charge >= 0.3 is 0 Å². The van der Waals surface area contributed by atoms with Crippen molar-refractivity contribution < 1.29 is 14.3 Å². The molecule has 2 N–H and O–H groups in total. The van der Waals surface area contributed by atoms with Crippen LogP contribution in [0, 0.1) is 0 Å². The van der Waals surface area contributed by atoms with Gasteiger partial charge in [0.05, 0.1) is 12.7 Å². The molecule has 1 aromatic carbocycles. The molecule has 2 aliphatic rings. The third-order valence-electron chi connectivity index (χ3n) is 3.67. The summed E-state index contributed by atoms with van der Waals surface area (Å²) in [7, 11) is 0. The Morgan fingerprint density at radius 1 is 1.25 bits per heavy atom. The van der Waals surface area contributed by atoms with Crippen LogP contribution in [0.15, 0.2) is 24.3 Å². The average Bonchev–Trinajstić information content (AvgIpc) is 2.97. The maximum absolute atomic E-state index is 11.8. The van der Waals surface area contributed by atoms with Gasteiger partial charge in [0.2, 0.25) is 0 Å². The maximum Gasteiger partial charge on any atom is 0.253 e. The molecule has 0 aromatic heterocycles. The van der Waals surface area contributed by atoms with Crippen molar-refractivity contribution in [2.45, 2.75) is 6.10 Å². The minimum atomic E-state index is 0.0108. The zero-order chi connectivity index (χ0) is 13.9. The average molecular weight is 277 g/mol. The molecule has 1 atom stereocenters. The summed E-state index contributed by atoms with van der Waals surface area (Å²) in [6.07, 6.45) is 0.107. The van der Waals surface area contributed by atoms with Gasteiger partial charge in [-0.2, -0.15) is 0 Å². The Labute approximate surface area is 118 Å². The fourth-order valence-corrected chi connectivity index (χ4v) is 2.50. The van der Waals surface area contributed by atoms with Gasteiger partial charge in [0.1, 0.15) is 13.3 Å². The normalized spacial score (nSPS) is 23.4. The molecule has 0 radical (unpaired) electrons. The second-order valence-electron chi connectivity index (χ2n) is 4.99. The van der Waals surface area contributed by atoms with E-state index in [1.807, 2.05) is 24.3 Å². The molecule has 2 heterocycles. The van der Waals surface area contributed by atoms with Crippen LogP contribution in [0.2, 0.25) is 0 Å². The zero-order valence-corrected chi connectivity index (χ0v) is 11.3. The number of benzene rings is 1. The monoisotopic (exact) mass is 277 g/mol. The molecule has 108 valence electrons. The number of nitrogens with zero attached hydrogens (tertiary/aromatic N) is 2. The molecule has 2 saturated heterocycles. The van der Waals surface area contributed by atoms with Crippen LogP contribution < -0.4 is 15.5 Å². The second-order valence-corrected chi connectivity index (χ2v) is 4.99. The van der Waals surface area contributed by atoms with Crippen molar-refractivity contribution in [3.63, 3.8) is 0 Å². The molecule has 2 fully saturated rings. The predicted molar refractivity (Wildman–Crippen MR) is 75.8 cm³/mol. The minimum absolute atomic E-state index is 0.0108. The zero-order valence-electron chi connectivity index (χ0n) is 11.3. The largest absolute Gasteiger partial charge is 0.370 e. The number of anilines is 2. The third kappa shape index (κ3) is 2.63. The van der Waals surface area contributed by atoms with Gasteiger partial charge in [-0.1, -0.05) is 0 Å². The molecule has 20 heavy (non-hydrogen) atoms. The van der Waals surface area contributed by atoms with Crippen LogP contribution in [0.25, 0.3) is 0 Å². The van der Waals surface area contributed by atoms with Crippen LogP contribution in [0.4, 0.5) is 11.4 Å². The van der Waals surface area contributed by atoms with Crippen molar-refractivity contribution in [1.82, 2.24) is 0 Å². The van der Waals surface area contributed by atoms with Gasteiger partial charge < -0.3 is 25.0 Å². The Morgan fingerprint density at radius 2 is 2.00 bits per heavy atom. The van der Waals surface area contributed by atoms with Crippen molar-refractivity contribution in [2.75, 3.05) is 49.4 Å². The highest BCUT2D eigenvalue weighted by atomic mass is 16.5. The van der Waals surface area contributed by atoms with Gasteiger partial charge in [-0.05, 0) is 24.3 Å². The van der Waals surface area contributed by atoms with Crippen LogP contribution in [0.5, 0.6) is 0 Å². The molecular formula is C14H19N3O3. The van der Waals surface area contributed by atoms with E-state index in [1.54, 1.807) is 4.90 Å². The first kappa shape index (κ1) is 13.4. The first-order valence-electron chi connectivity index (χ1n) is 6.83. The van der Waals surface area contributed by atoms with E-state index in [0.717, 1.165) is 17.9 Å². The quantitative estimate of drug-likeness (QED) is 0.853. The number of hydrogen-bond acceptors (Lipinski definition) is 5. The maximum atomic E-state index is 11.8. The highest BCUT2D eigenvalue weighted by Gasteiger charge is 2.23. The summed E-state index contributed by atoms with van der Waals surface area (Å²) < 4.78 is 10.7. The summed E-state index contributed by atoms with van der Waals surface area (Å²) in [4.78, 5) is 15.7. The summed E-state index contributed by atoms with van der Waals surface area (Å²) in [5.74, 6) is 0.0108. The highest BCUT2D eigenvalue weighted by Crippen LogP contribution is 2.24. The smallest absolute Gasteiger partial charge is 0.253 e. The molecule has 0 spiro atoms. The lowest BCUT2D eigenvalue weighted by molar-refractivity contribution is -0.125. The number of hydrogen-bond donors (Lipinski definition) is 1. The number of ether oxygens (including phenoxy) is 2. The molecule has 0 aliphatic carbocycles. The van der Waals surface area contributed by atoms with E-state index in [0.29, 0.717) is 26.4 Å². The number of morpholine rings is 1. The predicted octanol–water partition coefficient (Wildman–Crippen LogP) is 0.171. The lowest BCUT2D eigenvalue weighted by Gasteiger charge is -2.27. The SMILES string of the molecule is NC[C@H]1CN(c2ccc(N3CCOCC3=O)cc2)CO1. The molecule has 6 heteroatoms. The summed E-state index contributed by atoms with van der Waals surface area (Å²) in [6.45, 7) is 3.28. The molecular weight excluding hydrogens is 258 g/mol.